The van der Waals surface area contributed by atoms with Crippen LogP contribution >= 0.6 is 11.3 Å². The van der Waals surface area contributed by atoms with Gasteiger partial charge in [0.25, 0.3) is 0 Å². The first kappa shape index (κ1) is 18.1. The van der Waals surface area contributed by atoms with Gasteiger partial charge < -0.3 is 5.32 Å². The van der Waals surface area contributed by atoms with E-state index in [2.05, 4.69) is 15.3 Å². The van der Waals surface area contributed by atoms with Crippen LogP contribution < -0.4 is 5.32 Å². The molecule has 1 amide bonds. The molecule has 0 atom stereocenters. The number of nitrogens with zero attached hydrogens (tertiary/aromatic N) is 2. The number of benzene rings is 2. The number of nitrogens with one attached hydrogen (secondary N) is 1. The van der Waals surface area contributed by atoms with Gasteiger partial charge in [-0.2, -0.15) is 0 Å². The Labute approximate surface area is 167 Å². The summed E-state index contributed by atoms with van der Waals surface area (Å²) in [5, 5.41) is 5.51. The third-order valence-corrected chi connectivity index (χ3v) is 5.19. The number of amides is 1. The molecule has 4 nitrogen and oxygen atoms in total. The van der Waals surface area contributed by atoms with E-state index in [9.17, 15) is 4.79 Å². The fourth-order valence-electron chi connectivity index (χ4n) is 3.12. The largest absolute Gasteiger partial charge is 0.301 e. The highest BCUT2D eigenvalue weighted by Gasteiger charge is 2.23. The fraction of sp³-hybridized carbons (Fsp3) is 0.0870. The molecule has 0 saturated heterocycles. The molecule has 0 aliphatic carbocycles. The van der Waals surface area contributed by atoms with Crippen molar-refractivity contribution in [2.75, 3.05) is 5.32 Å². The predicted molar refractivity (Wildman–Crippen MR) is 113 cm³/mol. The highest BCUT2D eigenvalue weighted by atomic mass is 32.1. The molecule has 2 aromatic heterocycles. The van der Waals surface area contributed by atoms with E-state index >= 15 is 0 Å². The van der Waals surface area contributed by atoms with Crippen molar-refractivity contribution < 1.29 is 4.79 Å². The van der Waals surface area contributed by atoms with E-state index in [1.807, 2.05) is 85.2 Å². The Morgan fingerprint density at radius 1 is 0.964 bits per heavy atom. The van der Waals surface area contributed by atoms with Crippen molar-refractivity contribution in [1.29, 1.82) is 0 Å². The molecule has 2 aromatic carbocycles. The predicted octanol–water partition coefficient (Wildman–Crippen LogP) is 5.28. The molecule has 1 N–H and O–H groups in total. The summed E-state index contributed by atoms with van der Waals surface area (Å²) >= 11 is 1.42. The first-order valence-corrected chi connectivity index (χ1v) is 9.87. The van der Waals surface area contributed by atoms with Gasteiger partial charge in [-0.15, -0.1) is 11.3 Å². The van der Waals surface area contributed by atoms with Crippen LogP contribution in [0, 0.1) is 6.92 Å². The number of rotatable bonds is 5. The van der Waals surface area contributed by atoms with E-state index in [-0.39, 0.29) is 5.91 Å². The van der Waals surface area contributed by atoms with Crippen molar-refractivity contribution in [3.63, 3.8) is 0 Å². The van der Waals surface area contributed by atoms with Crippen LogP contribution in [0.2, 0.25) is 0 Å². The van der Waals surface area contributed by atoms with Gasteiger partial charge in [-0.1, -0.05) is 60.7 Å². The summed E-state index contributed by atoms with van der Waals surface area (Å²) in [7, 11) is 0. The molecule has 4 aromatic rings. The summed E-state index contributed by atoms with van der Waals surface area (Å²) in [6, 6.07) is 21.6. The average molecular weight is 385 g/mol. The van der Waals surface area contributed by atoms with E-state index in [1.54, 1.807) is 6.20 Å². The van der Waals surface area contributed by atoms with Crippen molar-refractivity contribution in [2.24, 2.45) is 0 Å². The van der Waals surface area contributed by atoms with Crippen molar-refractivity contribution >= 4 is 22.4 Å². The summed E-state index contributed by atoms with van der Waals surface area (Å²) in [5.41, 5.74) is 4.73. The van der Waals surface area contributed by atoms with Gasteiger partial charge in [-0.05, 0) is 29.7 Å². The first-order chi connectivity index (χ1) is 13.7. The molecular weight excluding hydrogens is 366 g/mol. The van der Waals surface area contributed by atoms with Gasteiger partial charge in [0.1, 0.15) is 0 Å². The lowest BCUT2D eigenvalue weighted by atomic mass is 9.90. The highest BCUT2D eigenvalue weighted by molar-refractivity contribution is 7.14. The molecule has 4 rings (SSSR count). The second-order valence-electron chi connectivity index (χ2n) is 6.53. The van der Waals surface area contributed by atoms with Gasteiger partial charge in [-0.3, -0.25) is 9.78 Å². The van der Waals surface area contributed by atoms with Crippen LogP contribution in [-0.2, 0) is 4.79 Å². The molecular formula is C23H19N3OS. The second-order valence-corrected chi connectivity index (χ2v) is 7.39. The maximum absolute atomic E-state index is 13.2. The maximum Gasteiger partial charge on any atom is 0.238 e. The molecule has 0 spiro atoms. The Morgan fingerprint density at radius 2 is 1.61 bits per heavy atom. The lowest BCUT2D eigenvalue weighted by Crippen LogP contribution is -2.22. The minimum Gasteiger partial charge on any atom is -0.301 e. The van der Waals surface area contributed by atoms with E-state index in [0.29, 0.717) is 5.13 Å². The van der Waals surface area contributed by atoms with Crippen molar-refractivity contribution in [3.8, 4) is 11.3 Å². The normalized spacial score (nSPS) is 10.8. The summed E-state index contributed by atoms with van der Waals surface area (Å²) in [6.07, 6.45) is 3.59. The number of anilines is 1. The van der Waals surface area contributed by atoms with Crippen LogP contribution in [0.3, 0.4) is 0 Å². The minimum atomic E-state index is -0.393. The second kappa shape index (κ2) is 8.15. The molecule has 138 valence electrons. The van der Waals surface area contributed by atoms with Crippen molar-refractivity contribution in [2.45, 2.75) is 12.8 Å². The molecule has 0 aliphatic heterocycles. The monoisotopic (exact) mass is 385 g/mol. The summed E-state index contributed by atoms with van der Waals surface area (Å²) in [6.45, 7) is 2.00. The number of thiazole rings is 1. The number of aryl methyl sites for hydroxylation is 1. The van der Waals surface area contributed by atoms with E-state index < -0.39 is 5.92 Å². The lowest BCUT2D eigenvalue weighted by Gasteiger charge is -2.17. The Bertz CT molecular complexity index is 1040. The zero-order valence-corrected chi connectivity index (χ0v) is 16.2. The Morgan fingerprint density at radius 3 is 2.21 bits per heavy atom. The van der Waals surface area contributed by atoms with Crippen LogP contribution in [0.4, 0.5) is 5.13 Å². The van der Waals surface area contributed by atoms with Gasteiger partial charge in [0.15, 0.2) is 5.13 Å². The zero-order chi connectivity index (χ0) is 19.3. The SMILES string of the molecule is Cc1cncc(-c2csc(NC(=O)C(c3ccccc3)c3ccccc3)n2)c1. The zero-order valence-electron chi connectivity index (χ0n) is 15.4. The minimum absolute atomic E-state index is 0.0966. The van der Waals surface area contributed by atoms with Gasteiger partial charge in [-0.25, -0.2) is 4.98 Å². The van der Waals surface area contributed by atoms with Crippen LogP contribution in [-0.4, -0.2) is 15.9 Å². The quantitative estimate of drug-likeness (QED) is 0.508. The molecule has 0 bridgehead atoms. The molecule has 0 aliphatic rings. The van der Waals surface area contributed by atoms with Gasteiger partial charge in [0.2, 0.25) is 5.91 Å². The Hall–Kier alpha value is -3.31. The molecule has 5 heteroatoms. The topological polar surface area (TPSA) is 54.9 Å². The van der Waals surface area contributed by atoms with E-state index in [1.165, 1.54) is 11.3 Å². The first-order valence-electron chi connectivity index (χ1n) is 8.99. The number of hydrogen-bond donors (Lipinski definition) is 1. The van der Waals surface area contributed by atoms with Gasteiger partial charge in [0, 0.05) is 23.3 Å². The summed E-state index contributed by atoms with van der Waals surface area (Å²) < 4.78 is 0. The number of pyridine rings is 1. The molecule has 0 fully saturated rings. The van der Waals surface area contributed by atoms with E-state index in [0.717, 1.165) is 27.9 Å². The Balaban J connectivity index is 1.60. The van der Waals surface area contributed by atoms with Crippen LogP contribution in [0.1, 0.15) is 22.6 Å². The fourth-order valence-corrected chi connectivity index (χ4v) is 3.85. The summed E-state index contributed by atoms with van der Waals surface area (Å²) in [5.74, 6) is -0.490. The van der Waals surface area contributed by atoms with Crippen molar-refractivity contribution in [3.05, 3.63) is 101 Å². The van der Waals surface area contributed by atoms with Crippen LogP contribution in [0.5, 0.6) is 0 Å². The highest BCUT2D eigenvalue weighted by Crippen LogP contribution is 2.29. The Kier molecular flexibility index (Phi) is 5.26. The maximum atomic E-state index is 13.2. The number of aromatic nitrogens is 2. The van der Waals surface area contributed by atoms with Crippen LogP contribution in [0.25, 0.3) is 11.3 Å². The number of carbonyl (C=O) groups is 1. The third-order valence-electron chi connectivity index (χ3n) is 4.43. The standard InChI is InChI=1S/C23H19N3OS/c1-16-12-19(14-24-13-16)20-15-28-23(25-20)26-22(27)21(17-8-4-2-5-9-17)18-10-6-3-7-11-18/h2-15,21H,1H3,(H,25,26,27). The molecule has 0 unspecified atom stereocenters. The molecule has 0 radical (unpaired) electrons. The smallest absolute Gasteiger partial charge is 0.238 e. The van der Waals surface area contributed by atoms with Gasteiger partial charge in [0.05, 0.1) is 11.6 Å². The molecule has 0 saturated carbocycles. The van der Waals surface area contributed by atoms with Crippen molar-refractivity contribution in [1.82, 2.24) is 9.97 Å². The number of carbonyl (C=O) groups excluding carboxylic acids is 1. The van der Waals surface area contributed by atoms with Crippen LogP contribution in [0.15, 0.2) is 84.5 Å². The average Bonchev–Trinajstić information content (AvgIpc) is 3.18. The third kappa shape index (κ3) is 4.00. The summed E-state index contributed by atoms with van der Waals surface area (Å²) in [4.78, 5) is 22.0. The van der Waals surface area contributed by atoms with E-state index in [4.69, 9.17) is 0 Å². The molecule has 28 heavy (non-hydrogen) atoms. The number of hydrogen-bond acceptors (Lipinski definition) is 4. The molecule has 2 heterocycles. The lowest BCUT2D eigenvalue weighted by molar-refractivity contribution is -0.116. The van der Waals surface area contributed by atoms with Gasteiger partial charge >= 0.3 is 0 Å².